The monoisotopic (exact) mass is 366 g/mol. The molecule has 0 saturated carbocycles. The normalized spacial score (nSPS) is 16.1. The number of ether oxygens (including phenoxy) is 2. The number of pyridine rings is 1. The quantitative estimate of drug-likeness (QED) is 0.512. The van der Waals surface area contributed by atoms with Gasteiger partial charge in [-0.2, -0.15) is 0 Å². The topological polar surface area (TPSA) is 74.7 Å². The largest absolute Gasteiger partial charge is 0.485 e. The standard InChI is InChI=1S/C18H14N4O3S/c1-2-6-14-13(5-1)23-10-15(24-14)17-20-21-18(25-17)26-11-12-9-22-8-4-3-7-16(22)19-12/h1-9,15H,10-11H2. The molecule has 130 valence electrons. The molecule has 4 heterocycles. The first-order valence-corrected chi connectivity index (χ1v) is 9.11. The number of imidazole rings is 1. The van der Waals surface area contributed by atoms with Gasteiger partial charge in [0.05, 0.1) is 5.69 Å². The van der Waals surface area contributed by atoms with Gasteiger partial charge in [0.15, 0.2) is 11.5 Å². The van der Waals surface area contributed by atoms with Gasteiger partial charge in [0.2, 0.25) is 6.10 Å². The minimum atomic E-state index is -0.401. The van der Waals surface area contributed by atoms with Crippen molar-refractivity contribution in [2.24, 2.45) is 0 Å². The Morgan fingerprint density at radius 1 is 1.08 bits per heavy atom. The van der Waals surface area contributed by atoms with Gasteiger partial charge in [0, 0.05) is 18.1 Å². The molecule has 1 aromatic carbocycles. The number of para-hydroxylation sites is 2. The van der Waals surface area contributed by atoms with Gasteiger partial charge < -0.3 is 18.3 Å². The fourth-order valence-corrected chi connectivity index (χ4v) is 3.40. The summed E-state index contributed by atoms with van der Waals surface area (Å²) in [6.45, 7) is 0.343. The zero-order valence-electron chi connectivity index (χ0n) is 13.6. The summed E-state index contributed by atoms with van der Waals surface area (Å²) >= 11 is 1.45. The molecule has 1 aliphatic heterocycles. The van der Waals surface area contributed by atoms with Crippen LogP contribution in [0, 0.1) is 0 Å². The van der Waals surface area contributed by atoms with Crippen LogP contribution in [0.1, 0.15) is 17.7 Å². The van der Waals surface area contributed by atoms with E-state index in [4.69, 9.17) is 13.9 Å². The predicted molar refractivity (Wildman–Crippen MR) is 94.4 cm³/mol. The zero-order valence-corrected chi connectivity index (χ0v) is 14.4. The molecule has 1 aliphatic rings. The molecule has 0 bridgehead atoms. The van der Waals surface area contributed by atoms with Crippen molar-refractivity contribution in [1.82, 2.24) is 19.6 Å². The number of fused-ring (bicyclic) bond motifs is 2. The van der Waals surface area contributed by atoms with Crippen molar-refractivity contribution in [2.45, 2.75) is 17.1 Å². The lowest BCUT2D eigenvalue weighted by Gasteiger charge is -2.23. The lowest BCUT2D eigenvalue weighted by Crippen LogP contribution is -2.21. The van der Waals surface area contributed by atoms with E-state index in [-0.39, 0.29) is 0 Å². The molecule has 7 nitrogen and oxygen atoms in total. The van der Waals surface area contributed by atoms with Crippen LogP contribution in [0.4, 0.5) is 0 Å². The predicted octanol–water partition coefficient (Wildman–Crippen LogP) is 3.52. The number of benzene rings is 1. The smallest absolute Gasteiger partial charge is 0.277 e. The van der Waals surface area contributed by atoms with Crippen molar-refractivity contribution in [3.05, 3.63) is 66.4 Å². The Morgan fingerprint density at radius 2 is 1.96 bits per heavy atom. The van der Waals surface area contributed by atoms with Crippen LogP contribution in [0.3, 0.4) is 0 Å². The molecule has 0 amide bonds. The van der Waals surface area contributed by atoms with Gasteiger partial charge >= 0.3 is 0 Å². The molecule has 4 aromatic rings. The van der Waals surface area contributed by atoms with Crippen molar-refractivity contribution in [3.8, 4) is 11.5 Å². The third-order valence-electron chi connectivity index (χ3n) is 3.96. The number of hydrogen-bond acceptors (Lipinski definition) is 7. The fraction of sp³-hybridized carbons (Fsp3) is 0.167. The fourth-order valence-electron chi connectivity index (χ4n) is 2.74. The van der Waals surface area contributed by atoms with Crippen molar-refractivity contribution >= 4 is 17.4 Å². The van der Waals surface area contributed by atoms with Gasteiger partial charge in [-0.15, -0.1) is 10.2 Å². The number of hydrogen-bond donors (Lipinski definition) is 0. The van der Waals surface area contributed by atoms with E-state index in [0.29, 0.717) is 29.2 Å². The molecule has 0 aliphatic carbocycles. The molecule has 8 heteroatoms. The summed E-state index contributed by atoms with van der Waals surface area (Å²) < 4.78 is 19.3. The van der Waals surface area contributed by atoms with Crippen LogP contribution < -0.4 is 9.47 Å². The van der Waals surface area contributed by atoms with Crippen LogP contribution in [-0.2, 0) is 5.75 Å². The Morgan fingerprint density at radius 3 is 2.88 bits per heavy atom. The van der Waals surface area contributed by atoms with E-state index in [0.717, 1.165) is 17.1 Å². The Labute approximate surface area is 153 Å². The molecule has 1 atom stereocenters. The van der Waals surface area contributed by atoms with Crippen molar-refractivity contribution < 1.29 is 13.9 Å². The lowest BCUT2D eigenvalue weighted by molar-refractivity contribution is 0.0686. The average Bonchev–Trinajstić information content (AvgIpc) is 3.32. The molecule has 0 saturated heterocycles. The van der Waals surface area contributed by atoms with E-state index in [1.165, 1.54) is 11.8 Å². The van der Waals surface area contributed by atoms with Crippen molar-refractivity contribution in [2.75, 3.05) is 6.61 Å². The first kappa shape index (κ1) is 15.3. The minimum absolute atomic E-state index is 0.343. The summed E-state index contributed by atoms with van der Waals surface area (Å²) in [5.74, 6) is 2.47. The molecule has 3 aromatic heterocycles. The molecule has 5 rings (SSSR count). The molecule has 0 fully saturated rings. The summed E-state index contributed by atoms with van der Waals surface area (Å²) in [6, 6.07) is 13.4. The Hall–Kier alpha value is -3.00. The molecular weight excluding hydrogens is 352 g/mol. The van der Waals surface area contributed by atoms with Gasteiger partial charge in [-0.25, -0.2) is 4.98 Å². The van der Waals surface area contributed by atoms with Crippen LogP contribution in [0.2, 0.25) is 0 Å². The number of aromatic nitrogens is 4. The molecular formula is C18H14N4O3S. The van der Waals surface area contributed by atoms with Crippen molar-refractivity contribution in [3.63, 3.8) is 0 Å². The summed E-state index contributed by atoms with van der Waals surface area (Å²) in [7, 11) is 0. The number of rotatable bonds is 4. The summed E-state index contributed by atoms with van der Waals surface area (Å²) in [4.78, 5) is 4.56. The van der Waals surface area contributed by atoms with Crippen LogP contribution in [-0.4, -0.2) is 26.2 Å². The minimum Gasteiger partial charge on any atom is -0.485 e. The third kappa shape index (κ3) is 2.88. The van der Waals surface area contributed by atoms with E-state index in [2.05, 4.69) is 15.2 Å². The molecule has 26 heavy (non-hydrogen) atoms. The molecule has 1 unspecified atom stereocenters. The van der Waals surface area contributed by atoms with Crippen molar-refractivity contribution in [1.29, 1.82) is 0 Å². The van der Waals surface area contributed by atoms with Crippen LogP contribution in [0.25, 0.3) is 5.65 Å². The third-order valence-corrected chi connectivity index (χ3v) is 4.82. The maximum Gasteiger partial charge on any atom is 0.277 e. The summed E-state index contributed by atoms with van der Waals surface area (Å²) in [5, 5.41) is 8.68. The second kappa shape index (κ2) is 6.38. The SMILES string of the molecule is c1ccc2c(c1)OCC(c1nnc(SCc3cn4ccccc4n3)o1)O2. The Bertz CT molecular complexity index is 1030. The van der Waals surface area contributed by atoms with Gasteiger partial charge in [-0.1, -0.05) is 30.0 Å². The molecule has 0 spiro atoms. The van der Waals surface area contributed by atoms with E-state index < -0.39 is 6.10 Å². The summed E-state index contributed by atoms with van der Waals surface area (Å²) in [6.07, 6.45) is 3.57. The van der Waals surface area contributed by atoms with Gasteiger partial charge in [-0.05, 0) is 24.3 Å². The van der Waals surface area contributed by atoms with E-state index in [1.54, 1.807) is 0 Å². The van der Waals surface area contributed by atoms with Gasteiger partial charge in [0.1, 0.15) is 12.3 Å². The number of nitrogens with zero attached hydrogens (tertiary/aromatic N) is 4. The highest BCUT2D eigenvalue weighted by atomic mass is 32.2. The Balaban J connectivity index is 1.27. The molecule has 0 radical (unpaired) electrons. The lowest BCUT2D eigenvalue weighted by atomic mass is 10.2. The summed E-state index contributed by atoms with van der Waals surface area (Å²) in [5.41, 5.74) is 1.87. The van der Waals surface area contributed by atoms with Gasteiger partial charge in [-0.3, -0.25) is 0 Å². The second-order valence-electron chi connectivity index (χ2n) is 5.76. The first-order chi connectivity index (χ1) is 12.8. The zero-order chi connectivity index (χ0) is 17.3. The van der Waals surface area contributed by atoms with E-state index in [9.17, 15) is 0 Å². The molecule has 0 N–H and O–H groups in total. The second-order valence-corrected chi connectivity index (χ2v) is 6.68. The highest BCUT2D eigenvalue weighted by Crippen LogP contribution is 2.36. The van der Waals surface area contributed by atoms with Gasteiger partial charge in [0.25, 0.3) is 11.1 Å². The van der Waals surface area contributed by atoms with Crippen LogP contribution in [0.5, 0.6) is 11.5 Å². The highest BCUT2D eigenvalue weighted by Gasteiger charge is 2.27. The van der Waals surface area contributed by atoms with E-state index in [1.807, 2.05) is 59.3 Å². The maximum absolute atomic E-state index is 5.89. The Kier molecular flexibility index (Phi) is 3.75. The van der Waals surface area contributed by atoms with Crippen LogP contribution >= 0.6 is 11.8 Å². The number of thioether (sulfide) groups is 1. The highest BCUT2D eigenvalue weighted by molar-refractivity contribution is 7.98. The van der Waals surface area contributed by atoms with Crippen LogP contribution in [0.15, 0.2) is 64.5 Å². The van der Waals surface area contributed by atoms with E-state index >= 15 is 0 Å². The maximum atomic E-state index is 5.89. The average molecular weight is 366 g/mol. The first-order valence-electron chi connectivity index (χ1n) is 8.12.